The minimum Gasteiger partial charge on any atom is -0.495 e. The van der Waals surface area contributed by atoms with Gasteiger partial charge in [0, 0.05) is 32.0 Å². The highest BCUT2D eigenvalue weighted by molar-refractivity contribution is 6.32. The number of nitrogens with zero attached hydrogens (tertiary/aromatic N) is 3. The van der Waals surface area contributed by atoms with Crippen LogP contribution in [-0.4, -0.2) is 35.2 Å². The smallest absolute Gasteiger partial charge is 0.137 e. The molecule has 0 saturated carbocycles. The monoisotopic (exact) mass is 279 g/mol. The number of likely N-dealkylation sites (N-methyl/N-ethyl adjacent to an activating group) is 1. The van der Waals surface area contributed by atoms with E-state index in [-0.39, 0.29) is 0 Å². The molecule has 0 spiro atoms. The number of benzene rings is 1. The van der Waals surface area contributed by atoms with Crippen molar-refractivity contribution < 1.29 is 4.74 Å². The molecule has 0 bridgehead atoms. The second kappa shape index (κ2) is 6.59. The Morgan fingerprint density at radius 1 is 1.42 bits per heavy atom. The van der Waals surface area contributed by atoms with E-state index in [9.17, 15) is 0 Å². The van der Waals surface area contributed by atoms with E-state index in [2.05, 4.69) is 21.5 Å². The standard InChI is InChI=1S/C14H18ClN3O/c1-17(7-8-18-6-5-16-11-18)10-12-3-4-14(19-2)13(15)9-12/h3-6,9,11H,7-8,10H2,1-2H3. The maximum absolute atomic E-state index is 6.12. The molecule has 1 aromatic heterocycles. The highest BCUT2D eigenvalue weighted by Gasteiger charge is 2.04. The van der Waals surface area contributed by atoms with Crippen molar-refractivity contribution in [3.05, 3.63) is 47.5 Å². The summed E-state index contributed by atoms with van der Waals surface area (Å²) in [6.07, 6.45) is 5.60. The van der Waals surface area contributed by atoms with Crippen LogP contribution in [0.25, 0.3) is 0 Å². The van der Waals surface area contributed by atoms with Crippen LogP contribution in [0.5, 0.6) is 5.75 Å². The first-order valence-electron chi connectivity index (χ1n) is 6.15. The normalized spacial score (nSPS) is 10.9. The first kappa shape index (κ1) is 13.9. The van der Waals surface area contributed by atoms with E-state index in [0.717, 1.165) is 19.6 Å². The number of aromatic nitrogens is 2. The molecule has 0 atom stereocenters. The summed E-state index contributed by atoms with van der Waals surface area (Å²) < 4.78 is 7.21. The van der Waals surface area contributed by atoms with E-state index >= 15 is 0 Å². The van der Waals surface area contributed by atoms with Crippen LogP contribution in [0.3, 0.4) is 0 Å². The number of hydrogen-bond donors (Lipinski definition) is 0. The van der Waals surface area contributed by atoms with Gasteiger partial charge in [-0.1, -0.05) is 17.7 Å². The predicted molar refractivity (Wildman–Crippen MR) is 76.6 cm³/mol. The van der Waals surface area contributed by atoms with Gasteiger partial charge in [0.2, 0.25) is 0 Å². The van der Waals surface area contributed by atoms with Gasteiger partial charge in [0.1, 0.15) is 5.75 Å². The van der Waals surface area contributed by atoms with Crippen molar-refractivity contribution in [1.29, 1.82) is 0 Å². The highest BCUT2D eigenvalue weighted by Crippen LogP contribution is 2.25. The number of rotatable bonds is 6. The zero-order chi connectivity index (χ0) is 13.7. The summed E-state index contributed by atoms with van der Waals surface area (Å²) in [5.41, 5.74) is 1.18. The van der Waals surface area contributed by atoms with Crippen LogP contribution in [0, 0.1) is 0 Å². The number of halogens is 1. The minimum absolute atomic E-state index is 0.656. The molecule has 0 aliphatic carbocycles. The van der Waals surface area contributed by atoms with Crippen molar-refractivity contribution in [3.8, 4) is 5.75 Å². The summed E-state index contributed by atoms with van der Waals surface area (Å²) >= 11 is 6.12. The molecule has 0 N–H and O–H groups in total. The van der Waals surface area contributed by atoms with Crippen LogP contribution < -0.4 is 4.74 Å². The highest BCUT2D eigenvalue weighted by atomic mass is 35.5. The van der Waals surface area contributed by atoms with Gasteiger partial charge in [0.25, 0.3) is 0 Å². The van der Waals surface area contributed by atoms with Crippen LogP contribution in [-0.2, 0) is 13.1 Å². The van der Waals surface area contributed by atoms with Gasteiger partial charge < -0.3 is 14.2 Å². The van der Waals surface area contributed by atoms with E-state index < -0.39 is 0 Å². The van der Waals surface area contributed by atoms with Crippen LogP contribution in [0.2, 0.25) is 5.02 Å². The number of hydrogen-bond acceptors (Lipinski definition) is 3. The molecule has 19 heavy (non-hydrogen) atoms. The number of imidazole rings is 1. The zero-order valence-electron chi connectivity index (χ0n) is 11.2. The molecular weight excluding hydrogens is 262 g/mol. The SMILES string of the molecule is COc1ccc(CN(C)CCn2ccnc2)cc1Cl. The third-order valence-corrected chi connectivity index (χ3v) is 3.26. The quantitative estimate of drug-likeness (QED) is 0.814. The topological polar surface area (TPSA) is 30.3 Å². The summed E-state index contributed by atoms with van der Waals surface area (Å²) in [6, 6.07) is 5.90. The number of methoxy groups -OCH3 is 1. The Kier molecular flexibility index (Phi) is 4.82. The molecule has 4 nitrogen and oxygen atoms in total. The van der Waals surface area contributed by atoms with Crippen molar-refractivity contribution in [2.24, 2.45) is 0 Å². The second-order valence-corrected chi connectivity index (χ2v) is 4.91. The lowest BCUT2D eigenvalue weighted by molar-refractivity contribution is 0.311. The predicted octanol–water partition coefficient (Wildman–Crippen LogP) is 2.68. The third kappa shape index (κ3) is 3.98. The molecule has 0 radical (unpaired) electrons. The van der Waals surface area contributed by atoms with Gasteiger partial charge in [-0.05, 0) is 24.7 Å². The second-order valence-electron chi connectivity index (χ2n) is 4.51. The lowest BCUT2D eigenvalue weighted by Gasteiger charge is -2.17. The van der Waals surface area contributed by atoms with E-state index in [1.165, 1.54) is 5.56 Å². The summed E-state index contributed by atoms with van der Waals surface area (Å²) in [5.74, 6) is 0.714. The molecule has 1 heterocycles. The van der Waals surface area contributed by atoms with Crippen molar-refractivity contribution in [1.82, 2.24) is 14.5 Å². The van der Waals surface area contributed by atoms with E-state index in [1.54, 1.807) is 13.3 Å². The Morgan fingerprint density at radius 2 is 2.26 bits per heavy atom. The largest absolute Gasteiger partial charge is 0.495 e. The summed E-state index contributed by atoms with van der Waals surface area (Å²) in [7, 11) is 3.72. The Hall–Kier alpha value is -1.52. The van der Waals surface area contributed by atoms with E-state index in [0.29, 0.717) is 10.8 Å². The van der Waals surface area contributed by atoms with Gasteiger partial charge in [-0.15, -0.1) is 0 Å². The lowest BCUT2D eigenvalue weighted by Crippen LogP contribution is -2.22. The third-order valence-electron chi connectivity index (χ3n) is 2.97. The molecule has 0 aliphatic rings. The molecule has 0 aliphatic heterocycles. The van der Waals surface area contributed by atoms with Crippen molar-refractivity contribution >= 4 is 11.6 Å². The Balaban J connectivity index is 1.88. The summed E-state index contributed by atoms with van der Waals surface area (Å²) in [5, 5.41) is 0.656. The van der Waals surface area contributed by atoms with Crippen LogP contribution in [0.15, 0.2) is 36.9 Å². The van der Waals surface area contributed by atoms with Crippen molar-refractivity contribution in [2.75, 3.05) is 20.7 Å². The van der Waals surface area contributed by atoms with Gasteiger partial charge in [0.15, 0.2) is 0 Å². The Labute approximate surface area is 118 Å². The van der Waals surface area contributed by atoms with Crippen LogP contribution >= 0.6 is 11.6 Å². The fourth-order valence-electron chi connectivity index (χ4n) is 1.90. The average molecular weight is 280 g/mol. The fourth-order valence-corrected chi connectivity index (χ4v) is 2.18. The molecule has 102 valence electrons. The molecule has 2 rings (SSSR count). The van der Waals surface area contributed by atoms with Gasteiger partial charge in [-0.3, -0.25) is 0 Å². The van der Waals surface area contributed by atoms with Crippen LogP contribution in [0.4, 0.5) is 0 Å². The van der Waals surface area contributed by atoms with E-state index in [4.69, 9.17) is 16.3 Å². The minimum atomic E-state index is 0.656. The lowest BCUT2D eigenvalue weighted by atomic mass is 10.2. The van der Waals surface area contributed by atoms with Crippen molar-refractivity contribution in [2.45, 2.75) is 13.1 Å². The Morgan fingerprint density at radius 3 is 2.89 bits per heavy atom. The number of ether oxygens (including phenoxy) is 1. The first-order valence-corrected chi connectivity index (χ1v) is 6.53. The molecule has 0 fully saturated rings. The van der Waals surface area contributed by atoms with Crippen LogP contribution in [0.1, 0.15) is 5.56 Å². The maximum Gasteiger partial charge on any atom is 0.137 e. The average Bonchev–Trinajstić information content (AvgIpc) is 2.90. The zero-order valence-corrected chi connectivity index (χ0v) is 12.0. The Bertz CT molecular complexity index is 513. The van der Waals surface area contributed by atoms with Crippen molar-refractivity contribution in [3.63, 3.8) is 0 Å². The molecule has 0 saturated heterocycles. The van der Waals surface area contributed by atoms with Gasteiger partial charge in [-0.25, -0.2) is 4.98 Å². The van der Waals surface area contributed by atoms with Gasteiger partial charge in [0.05, 0.1) is 18.5 Å². The molecule has 5 heteroatoms. The summed E-state index contributed by atoms with van der Waals surface area (Å²) in [4.78, 5) is 6.28. The van der Waals surface area contributed by atoms with Gasteiger partial charge in [-0.2, -0.15) is 0 Å². The summed E-state index contributed by atoms with van der Waals surface area (Å²) in [6.45, 7) is 2.75. The van der Waals surface area contributed by atoms with E-state index in [1.807, 2.05) is 30.7 Å². The molecule has 0 amide bonds. The first-order chi connectivity index (χ1) is 9.19. The molecule has 0 unspecified atom stereocenters. The van der Waals surface area contributed by atoms with Gasteiger partial charge >= 0.3 is 0 Å². The molecule has 2 aromatic rings. The fraction of sp³-hybridized carbons (Fsp3) is 0.357. The molecule has 1 aromatic carbocycles. The maximum atomic E-state index is 6.12. The molecular formula is C14H18ClN3O.